The Labute approximate surface area is 156 Å². The fourth-order valence-corrected chi connectivity index (χ4v) is 3.46. The molecule has 1 atom stereocenters. The number of hydrogen-bond acceptors (Lipinski definition) is 5. The van der Waals surface area contributed by atoms with Crippen molar-refractivity contribution in [3.8, 4) is 0 Å². The predicted octanol–water partition coefficient (Wildman–Crippen LogP) is 0.567. The molecular formula is C17H32ClN3O4. The van der Waals surface area contributed by atoms with Crippen molar-refractivity contribution in [1.82, 2.24) is 15.5 Å². The highest BCUT2D eigenvalue weighted by molar-refractivity contribution is 5.85. The van der Waals surface area contributed by atoms with Crippen LogP contribution in [0.25, 0.3) is 0 Å². The van der Waals surface area contributed by atoms with Crippen molar-refractivity contribution >= 4 is 24.2 Å². The van der Waals surface area contributed by atoms with E-state index in [2.05, 4.69) is 17.6 Å². The molecule has 1 heterocycles. The van der Waals surface area contributed by atoms with Crippen LogP contribution in [0.5, 0.6) is 0 Å². The fourth-order valence-electron chi connectivity index (χ4n) is 3.46. The third-order valence-corrected chi connectivity index (χ3v) is 4.89. The maximum Gasteiger partial charge on any atom is 0.246 e. The van der Waals surface area contributed by atoms with E-state index in [9.17, 15) is 9.59 Å². The molecule has 1 saturated carbocycles. The number of halogens is 1. The molecule has 2 fully saturated rings. The zero-order valence-electron chi connectivity index (χ0n) is 15.3. The van der Waals surface area contributed by atoms with Gasteiger partial charge in [-0.1, -0.05) is 0 Å². The maximum atomic E-state index is 12.7. The van der Waals surface area contributed by atoms with Gasteiger partial charge in [0.1, 0.15) is 6.61 Å². The molecule has 1 aliphatic heterocycles. The van der Waals surface area contributed by atoms with Crippen LogP contribution >= 0.6 is 12.4 Å². The van der Waals surface area contributed by atoms with Gasteiger partial charge < -0.3 is 25.0 Å². The van der Waals surface area contributed by atoms with Gasteiger partial charge in [0, 0.05) is 44.7 Å². The first-order chi connectivity index (χ1) is 11.6. The molecule has 0 spiro atoms. The van der Waals surface area contributed by atoms with E-state index < -0.39 is 0 Å². The van der Waals surface area contributed by atoms with Crippen LogP contribution in [0.4, 0.5) is 0 Å². The molecule has 0 aromatic rings. The van der Waals surface area contributed by atoms with Gasteiger partial charge >= 0.3 is 0 Å². The molecule has 7 nitrogen and oxygen atoms in total. The number of nitrogens with one attached hydrogen (secondary N) is 2. The smallest absolute Gasteiger partial charge is 0.246 e. The summed E-state index contributed by atoms with van der Waals surface area (Å²) in [6.07, 6.45) is 3.43. The molecule has 1 aliphatic carbocycles. The summed E-state index contributed by atoms with van der Waals surface area (Å²) in [7, 11) is 1.60. The predicted molar refractivity (Wildman–Crippen MR) is 97.9 cm³/mol. The number of rotatable bonds is 7. The van der Waals surface area contributed by atoms with Crippen LogP contribution in [0.3, 0.4) is 0 Å². The number of piperazine rings is 1. The average molecular weight is 378 g/mol. The molecule has 0 aromatic carbocycles. The van der Waals surface area contributed by atoms with Crippen molar-refractivity contribution in [2.24, 2.45) is 5.92 Å². The molecule has 2 aliphatic rings. The first kappa shape index (κ1) is 22.2. The third-order valence-electron chi connectivity index (χ3n) is 4.89. The van der Waals surface area contributed by atoms with E-state index in [0.29, 0.717) is 13.2 Å². The lowest BCUT2D eigenvalue weighted by molar-refractivity contribution is -0.139. The van der Waals surface area contributed by atoms with E-state index in [1.165, 1.54) is 0 Å². The fraction of sp³-hybridized carbons (Fsp3) is 0.882. The van der Waals surface area contributed by atoms with Crippen molar-refractivity contribution < 1.29 is 19.1 Å². The van der Waals surface area contributed by atoms with E-state index in [4.69, 9.17) is 9.47 Å². The van der Waals surface area contributed by atoms with Crippen LogP contribution in [-0.4, -0.2) is 75.4 Å². The number of carbonyl (C=O) groups excluding carboxylic acids is 2. The Hall–Kier alpha value is -0.890. The Morgan fingerprint density at radius 3 is 2.56 bits per heavy atom. The number of carbonyl (C=O) groups is 2. The van der Waals surface area contributed by atoms with Crippen LogP contribution in [0.15, 0.2) is 0 Å². The molecular weight excluding hydrogens is 346 g/mol. The van der Waals surface area contributed by atoms with E-state index in [1.807, 2.05) is 4.90 Å². The van der Waals surface area contributed by atoms with Crippen molar-refractivity contribution in [3.05, 3.63) is 0 Å². The molecule has 0 radical (unpaired) electrons. The molecule has 25 heavy (non-hydrogen) atoms. The summed E-state index contributed by atoms with van der Waals surface area (Å²) in [6.45, 7) is 5.64. The largest absolute Gasteiger partial charge is 0.382 e. The Balaban J connectivity index is 0.00000312. The number of ether oxygens (including phenoxy) is 2. The summed E-state index contributed by atoms with van der Waals surface area (Å²) in [5, 5.41) is 6.32. The molecule has 0 aromatic heterocycles. The van der Waals surface area contributed by atoms with E-state index in [-0.39, 0.29) is 48.8 Å². The van der Waals surface area contributed by atoms with Crippen LogP contribution in [0, 0.1) is 5.92 Å². The first-order valence-electron chi connectivity index (χ1n) is 8.99. The minimum Gasteiger partial charge on any atom is -0.382 e. The second-order valence-corrected chi connectivity index (χ2v) is 6.75. The lowest BCUT2D eigenvalue weighted by atomic mass is 9.84. The Bertz CT molecular complexity index is 417. The van der Waals surface area contributed by atoms with Crippen molar-refractivity contribution in [2.45, 2.75) is 44.7 Å². The third kappa shape index (κ3) is 7.09. The van der Waals surface area contributed by atoms with Gasteiger partial charge in [0.15, 0.2) is 0 Å². The van der Waals surface area contributed by atoms with E-state index in [0.717, 1.165) is 45.3 Å². The number of methoxy groups -OCH3 is 1. The minimum atomic E-state index is -0.0865. The SMILES string of the molecule is COCCOCC(=O)NC1CCC(C(=O)N2CCNC[C@H]2C)CC1.Cl. The van der Waals surface area contributed by atoms with Gasteiger partial charge in [0.2, 0.25) is 11.8 Å². The molecule has 2 N–H and O–H groups in total. The summed E-state index contributed by atoms with van der Waals surface area (Å²) < 4.78 is 10.1. The molecule has 0 bridgehead atoms. The van der Waals surface area contributed by atoms with Gasteiger partial charge in [-0.25, -0.2) is 0 Å². The van der Waals surface area contributed by atoms with Crippen LogP contribution in [0.1, 0.15) is 32.6 Å². The second kappa shape index (κ2) is 11.7. The number of hydrogen-bond donors (Lipinski definition) is 2. The number of amides is 2. The van der Waals surface area contributed by atoms with Crippen LogP contribution < -0.4 is 10.6 Å². The molecule has 146 valence electrons. The van der Waals surface area contributed by atoms with Gasteiger partial charge in [-0.05, 0) is 32.6 Å². The summed E-state index contributed by atoms with van der Waals surface area (Å²) in [5.41, 5.74) is 0. The Morgan fingerprint density at radius 2 is 1.92 bits per heavy atom. The average Bonchev–Trinajstić information content (AvgIpc) is 2.59. The van der Waals surface area contributed by atoms with Gasteiger partial charge in [0.05, 0.1) is 13.2 Å². The molecule has 2 amide bonds. The zero-order valence-corrected chi connectivity index (χ0v) is 16.1. The Kier molecular flexibility index (Phi) is 10.3. The van der Waals surface area contributed by atoms with Gasteiger partial charge in [-0.2, -0.15) is 0 Å². The monoisotopic (exact) mass is 377 g/mol. The van der Waals surface area contributed by atoms with Gasteiger partial charge in [-0.3, -0.25) is 9.59 Å². The topological polar surface area (TPSA) is 79.9 Å². The van der Waals surface area contributed by atoms with Crippen LogP contribution in [0.2, 0.25) is 0 Å². The molecule has 8 heteroatoms. The van der Waals surface area contributed by atoms with Crippen molar-refractivity contribution in [2.75, 3.05) is 46.6 Å². The molecule has 2 rings (SSSR count). The zero-order chi connectivity index (χ0) is 17.4. The van der Waals surface area contributed by atoms with Gasteiger partial charge in [-0.15, -0.1) is 12.4 Å². The normalized spacial score (nSPS) is 26.6. The lowest BCUT2D eigenvalue weighted by Gasteiger charge is -2.38. The highest BCUT2D eigenvalue weighted by Gasteiger charge is 2.32. The van der Waals surface area contributed by atoms with Crippen molar-refractivity contribution in [3.63, 3.8) is 0 Å². The minimum absolute atomic E-state index is 0. The lowest BCUT2D eigenvalue weighted by Crippen LogP contribution is -2.54. The number of nitrogens with zero attached hydrogens (tertiary/aromatic N) is 1. The molecule has 1 saturated heterocycles. The summed E-state index contributed by atoms with van der Waals surface area (Å²) in [4.78, 5) is 26.5. The highest BCUT2D eigenvalue weighted by atomic mass is 35.5. The van der Waals surface area contributed by atoms with Crippen molar-refractivity contribution in [1.29, 1.82) is 0 Å². The second-order valence-electron chi connectivity index (χ2n) is 6.75. The summed E-state index contributed by atoms with van der Waals surface area (Å²) in [5.74, 6) is 0.310. The van der Waals surface area contributed by atoms with E-state index >= 15 is 0 Å². The molecule has 0 unspecified atom stereocenters. The maximum absolute atomic E-state index is 12.7. The Morgan fingerprint density at radius 1 is 1.20 bits per heavy atom. The quantitative estimate of drug-likeness (QED) is 0.634. The highest BCUT2D eigenvalue weighted by Crippen LogP contribution is 2.27. The van der Waals surface area contributed by atoms with E-state index in [1.54, 1.807) is 7.11 Å². The standard InChI is InChI=1S/C17H31N3O4.ClH/c1-13-11-18-7-8-20(13)17(22)14-3-5-15(6-4-14)19-16(21)12-24-10-9-23-2;/h13-15,18H,3-12H2,1-2H3,(H,19,21);1H/t13-,14?,15?;/m1./s1. The summed E-state index contributed by atoms with van der Waals surface area (Å²) in [6, 6.07) is 0.431. The van der Waals surface area contributed by atoms with Gasteiger partial charge in [0.25, 0.3) is 0 Å². The van der Waals surface area contributed by atoms with Crippen LogP contribution in [-0.2, 0) is 19.1 Å². The summed E-state index contributed by atoms with van der Waals surface area (Å²) >= 11 is 0. The first-order valence-corrected chi connectivity index (χ1v) is 8.99.